The lowest BCUT2D eigenvalue weighted by Gasteiger charge is -2.19. The van der Waals surface area contributed by atoms with Crippen molar-refractivity contribution in [1.82, 2.24) is 0 Å². The summed E-state index contributed by atoms with van der Waals surface area (Å²) in [6.45, 7) is -0.0254. The molecule has 0 radical (unpaired) electrons. The molecule has 23 heavy (non-hydrogen) atoms. The molecule has 0 unspecified atom stereocenters. The number of hydrogen-bond donors (Lipinski definition) is 1. The molecule has 0 aromatic heterocycles. The smallest absolute Gasteiger partial charge is 0.196 e. The van der Waals surface area contributed by atoms with Crippen LogP contribution in [0, 0.1) is 5.82 Å². The molecule has 0 amide bonds. The van der Waals surface area contributed by atoms with Gasteiger partial charge in [0.1, 0.15) is 6.61 Å². The molecule has 4 nitrogen and oxygen atoms in total. The van der Waals surface area contributed by atoms with Crippen LogP contribution in [0.5, 0.6) is 17.2 Å². The van der Waals surface area contributed by atoms with E-state index in [4.69, 9.17) is 9.47 Å². The number of rotatable bonds is 2. The Morgan fingerprint density at radius 3 is 2.91 bits per heavy atom. The van der Waals surface area contributed by atoms with Gasteiger partial charge in [0, 0.05) is 10.0 Å². The summed E-state index contributed by atoms with van der Waals surface area (Å²) in [6, 6.07) is 7.33. The van der Waals surface area contributed by atoms with Gasteiger partial charge in [-0.3, -0.25) is 4.79 Å². The lowest BCUT2D eigenvalue weighted by atomic mass is 9.98. The maximum Gasteiger partial charge on any atom is 0.196 e. The van der Waals surface area contributed by atoms with Crippen LogP contribution in [0.3, 0.4) is 0 Å². The molecule has 0 saturated heterocycles. The monoisotopic (exact) mass is 378 g/mol. The fraction of sp³-hybridized carbons (Fsp3) is 0.118. The van der Waals surface area contributed by atoms with Crippen LogP contribution in [0.15, 0.2) is 40.4 Å². The summed E-state index contributed by atoms with van der Waals surface area (Å²) in [6.07, 6.45) is 1.63. The van der Waals surface area contributed by atoms with E-state index in [0.29, 0.717) is 15.6 Å². The average molecular weight is 379 g/mol. The summed E-state index contributed by atoms with van der Waals surface area (Å²) < 4.78 is 24.7. The SMILES string of the molecule is COc1cc(C=C2COc3c(F)cccc3C2=O)c(Br)cc1O. The summed E-state index contributed by atoms with van der Waals surface area (Å²) in [5, 5.41) is 9.73. The second kappa shape index (κ2) is 6.04. The molecule has 0 aliphatic carbocycles. The van der Waals surface area contributed by atoms with Gasteiger partial charge in [0.2, 0.25) is 0 Å². The van der Waals surface area contributed by atoms with E-state index in [0.717, 1.165) is 0 Å². The number of halogens is 2. The van der Waals surface area contributed by atoms with Gasteiger partial charge < -0.3 is 14.6 Å². The van der Waals surface area contributed by atoms with Gasteiger partial charge in [-0.1, -0.05) is 22.0 Å². The van der Waals surface area contributed by atoms with Crippen LogP contribution in [0.1, 0.15) is 15.9 Å². The van der Waals surface area contributed by atoms with E-state index < -0.39 is 5.82 Å². The van der Waals surface area contributed by atoms with Crippen LogP contribution in [0.2, 0.25) is 0 Å². The normalized spacial score (nSPS) is 15.3. The Morgan fingerprint density at radius 2 is 2.17 bits per heavy atom. The summed E-state index contributed by atoms with van der Waals surface area (Å²) in [7, 11) is 1.44. The van der Waals surface area contributed by atoms with E-state index in [-0.39, 0.29) is 35.2 Å². The molecule has 6 heteroatoms. The van der Waals surface area contributed by atoms with Crippen LogP contribution in [-0.4, -0.2) is 24.6 Å². The van der Waals surface area contributed by atoms with E-state index in [1.807, 2.05) is 0 Å². The predicted octanol–water partition coefficient (Wildman–Crippen LogP) is 3.96. The van der Waals surface area contributed by atoms with Crippen molar-refractivity contribution in [3.63, 3.8) is 0 Å². The summed E-state index contributed by atoms with van der Waals surface area (Å²) >= 11 is 3.33. The summed E-state index contributed by atoms with van der Waals surface area (Å²) in [4.78, 5) is 12.5. The van der Waals surface area contributed by atoms with Crippen molar-refractivity contribution in [2.45, 2.75) is 0 Å². The number of phenols is 1. The van der Waals surface area contributed by atoms with Gasteiger partial charge in [-0.15, -0.1) is 0 Å². The van der Waals surface area contributed by atoms with Crippen molar-refractivity contribution in [2.24, 2.45) is 0 Å². The summed E-state index contributed by atoms with van der Waals surface area (Å²) in [5.74, 6) is -0.583. The highest BCUT2D eigenvalue weighted by atomic mass is 79.9. The zero-order valence-corrected chi connectivity index (χ0v) is 13.7. The molecule has 2 aromatic carbocycles. The number of benzene rings is 2. The Bertz CT molecular complexity index is 830. The first-order valence-corrected chi connectivity index (χ1v) is 7.53. The number of Topliss-reactive ketones (excluding diaryl/α,β-unsaturated/α-hetero) is 1. The van der Waals surface area contributed by atoms with Gasteiger partial charge in [0.15, 0.2) is 28.8 Å². The average Bonchev–Trinajstić information content (AvgIpc) is 2.53. The van der Waals surface area contributed by atoms with E-state index in [1.54, 1.807) is 12.1 Å². The van der Waals surface area contributed by atoms with Gasteiger partial charge in [-0.25, -0.2) is 4.39 Å². The Labute approximate surface area is 140 Å². The van der Waals surface area contributed by atoms with Crippen molar-refractivity contribution in [3.05, 3.63) is 57.3 Å². The molecule has 1 heterocycles. The van der Waals surface area contributed by atoms with Crippen LogP contribution in [0.4, 0.5) is 4.39 Å². The van der Waals surface area contributed by atoms with Crippen molar-refractivity contribution < 1.29 is 23.8 Å². The Morgan fingerprint density at radius 1 is 1.39 bits per heavy atom. The zero-order chi connectivity index (χ0) is 16.6. The van der Waals surface area contributed by atoms with Gasteiger partial charge in [-0.2, -0.15) is 0 Å². The largest absolute Gasteiger partial charge is 0.504 e. The first-order chi connectivity index (χ1) is 11.0. The van der Waals surface area contributed by atoms with Gasteiger partial charge in [0.25, 0.3) is 0 Å². The fourth-order valence-electron chi connectivity index (χ4n) is 2.35. The molecule has 1 N–H and O–H groups in total. The maximum atomic E-state index is 13.7. The third kappa shape index (κ3) is 2.82. The molecule has 1 aliphatic rings. The third-order valence-corrected chi connectivity index (χ3v) is 4.19. The second-order valence-electron chi connectivity index (χ2n) is 4.95. The molecule has 0 fully saturated rings. The minimum Gasteiger partial charge on any atom is -0.504 e. The standard InChI is InChI=1S/C17H12BrFO4/c1-22-15-6-9(12(18)7-14(15)20)5-10-8-23-17-11(16(10)21)3-2-4-13(17)19/h2-7,20H,8H2,1H3. The van der Waals surface area contributed by atoms with Crippen LogP contribution in [-0.2, 0) is 0 Å². The van der Waals surface area contributed by atoms with Crippen LogP contribution in [0.25, 0.3) is 6.08 Å². The van der Waals surface area contributed by atoms with E-state index >= 15 is 0 Å². The first-order valence-electron chi connectivity index (χ1n) is 6.74. The van der Waals surface area contributed by atoms with E-state index in [1.165, 1.54) is 31.4 Å². The van der Waals surface area contributed by atoms with Gasteiger partial charge >= 0.3 is 0 Å². The molecule has 2 aromatic rings. The molecular weight excluding hydrogens is 367 g/mol. The molecule has 0 spiro atoms. The number of ketones is 1. The molecule has 0 bridgehead atoms. The topological polar surface area (TPSA) is 55.8 Å². The number of carbonyl (C=O) groups is 1. The Kier molecular flexibility index (Phi) is 4.09. The first kappa shape index (κ1) is 15.6. The quantitative estimate of drug-likeness (QED) is 0.803. The highest BCUT2D eigenvalue weighted by molar-refractivity contribution is 9.10. The highest BCUT2D eigenvalue weighted by Gasteiger charge is 2.26. The van der Waals surface area contributed by atoms with Crippen molar-refractivity contribution >= 4 is 27.8 Å². The molecule has 0 atom stereocenters. The lowest BCUT2D eigenvalue weighted by molar-refractivity contribution is 0.0998. The Balaban J connectivity index is 2.03. The van der Waals surface area contributed by atoms with Crippen molar-refractivity contribution in [1.29, 1.82) is 0 Å². The van der Waals surface area contributed by atoms with Crippen LogP contribution >= 0.6 is 15.9 Å². The number of para-hydroxylation sites is 1. The number of hydrogen-bond acceptors (Lipinski definition) is 4. The zero-order valence-electron chi connectivity index (χ0n) is 12.1. The molecular formula is C17H12BrFO4. The number of aromatic hydroxyl groups is 1. The molecule has 3 rings (SSSR count). The van der Waals surface area contributed by atoms with Gasteiger partial charge in [-0.05, 0) is 35.9 Å². The minimum atomic E-state index is -0.553. The van der Waals surface area contributed by atoms with Crippen molar-refractivity contribution in [2.75, 3.05) is 13.7 Å². The lowest BCUT2D eigenvalue weighted by Crippen LogP contribution is -2.20. The third-order valence-electron chi connectivity index (χ3n) is 3.50. The molecule has 118 valence electrons. The maximum absolute atomic E-state index is 13.7. The second-order valence-corrected chi connectivity index (χ2v) is 5.80. The number of phenolic OH excluding ortho intramolecular Hbond substituents is 1. The number of methoxy groups -OCH3 is 1. The number of ether oxygens (including phenoxy) is 2. The Hall–Kier alpha value is -2.34. The summed E-state index contributed by atoms with van der Waals surface area (Å²) in [5.41, 5.74) is 1.23. The number of fused-ring (bicyclic) bond motifs is 1. The van der Waals surface area contributed by atoms with Gasteiger partial charge in [0.05, 0.1) is 12.7 Å². The highest BCUT2D eigenvalue weighted by Crippen LogP contribution is 2.35. The molecule has 1 aliphatic heterocycles. The van der Waals surface area contributed by atoms with Crippen LogP contribution < -0.4 is 9.47 Å². The van der Waals surface area contributed by atoms with Crippen molar-refractivity contribution in [3.8, 4) is 17.2 Å². The predicted molar refractivity (Wildman–Crippen MR) is 86.6 cm³/mol. The van der Waals surface area contributed by atoms with E-state index in [2.05, 4.69) is 15.9 Å². The number of carbonyl (C=O) groups excluding carboxylic acids is 1. The molecule has 0 saturated carbocycles. The minimum absolute atomic E-state index is 0.0137. The van der Waals surface area contributed by atoms with E-state index in [9.17, 15) is 14.3 Å². The fourth-order valence-corrected chi connectivity index (χ4v) is 2.80.